The van der Waals surface area contributed by atoms with Crippen molar-refractivity contribution in [3.05, 3.63) is 0 Å². The fraction of sp³-hybridized carbons (Fsp3) is 0.833. The fourth-order valence-corrected chi connectivity index (χ4v) is 0.604. The smallest absolute Gasteiger partial charge is 0.281 e. The average molecular weight is 130 g/mol. The third kappa shape index (κ3) is 2.11. The van der Waals surface area contributed by atoms with Gasteiger partial charge in [-0.25, -0.2) is 0 Å². The lowest BCUT2D eigenvalue weighted by atomic mass is 10.2. The van der Waals surface area contributed by atoms with Crippen LogP contribution in [0.1, 0.15) is 26.2 Å². The topological polar surface area (TPSA) is 42.1 Å². The Balaban J connectivity index is 2.03. The van der Waals surface area contributed by atoms with Crippen molar-refractivity contribution in [2.24, 2.45) is 0 Å². The highest BCUT2D eigenvalue weighted by Crippen LogP contribution is 2.15. The van der Waals surface area contributed by atoms with Crippen LogP contribution in [-0.4, -0.2) is 12.1 Å². The molecule has 0 atom stereocenters. The standard InChI is InChI=1S/C6H10O3/c1-2-3-4-5(7)6-8-9-6/h6H,2-4H2,1H3. The minimum Gasteiger partial charge on any atom is -0.294 e. The van der Waals surface area contributed by atoms with Crippen LogP contribution in [0.25, 0.3) is 0 Å². The van der Waals surface area contributed by atoms with Crippen molar-refractivity contribution in [1.82, 2.24) is 0 Å². The van der Waals surface area contributed by atoms with E-state index in [0.29, 0.717) is 6.42 Å². The van der Waals surface area contributed by atoms with Gasteiger partial charge >= 0.3 is 0 Å². The quantitative estimate of drug-likeness (QED) is 0.421. The first-order valence-electron chi connectivity index (χ1n) is 3.19. The number of hydrogen-bond donors (Lipinski definition) is 0. The Morgan fingerprint density at radius 2 is 2.22 bits per heavy atom. The molecule has 0 amide bonds. The summed E-state index contributed by atoms with van der Waals surface area (Å²) in [6.45, 7) is 2.04. The second kappa shape index (κ2) is 2.94. The molecular weight excluding hydrogens is 120 g/mol. The summed E-state index contributed by atoms with van der Waals surface area (Å²) in [7, 11) is 0. The van der Waals surface area contributed by atoms with Gasteiger partial charge in [0.1, 0.15) is 0 Å². The first-order valence-corrected chi connectivity index (χ1v) is 3.19. The van der Waals surface area contributed by atoms with Crippen LogP contribution in [0, 0.1) is 0 Å². The Morgan fingerprint density at radius 1 is 1.56 bits per heavy atom. The van der Waals surface area contributed by atoms with Gasteiger partial charge in [0.25, 0.3) is 6.29 Å². The summed E-state index contributed by atoms with van der Waals surface area (Å²) in [5, 5.41) is 0. The monoisotopic (exact) mass is 130 g/mol. The van der Waals surface area contributed by atoms with Crippen LogP contribution >= 0.6 is 0 Å². The second-order valence-electron chi connectivity index (χ2n) is 2.09. The van der Waals surface area contributed by atoms with E-state index in [1.54, 1.807) is 0 Å². The lowest BCUT2D eigenvalue weighted by Gasteiger charge is -1.88. The van der Waals surface area contributed by atoms with E-state index in [1.165, 1.54) is 0 Å². The van der Waals surface area contributed by atoms with Crippen LogP contribution < -0.4 is 0 Å². The summed E-state index contributed by atoms with van der Waals surface area (Å²) >= 11 is 0. The van der Waals surface area contributed by atoms with E-state index in [-0.39, 0.29) is 5.78 Å². The molecule has 1 aliphatic heterocycles. The number of carbonyl (C=O) groups is 1. The number of Topliss-reactive ketones (excluding diaryl/α,β-unsaturated/α-hetero) is 1. The van der Waals surface area contributed by atoms with Crippen LogP contribution in [0.15, 0.2) is 0 Å². The zero-order valence-electron chi connectivity index (χ0n) is 5.42. The van der Waals surface area contributed by atoms with Gasteiger partial charge in [-0.2, -0.15) is 9.78 Å². The predicted molar refractivity (Wildman–Crippen MR) is 30.5 cm³/mol. The van der Waals surface area contributed by atoms with Gasteiger partial charge in [0.15, 0.2) is 5.78 Å². The summed E-state index contributed by atoms with van der Waals surface area (Å²) in [6.07, 6.45) is 2.04. The number of hydrogen-bond acceptors (Lipinski definition) is 3. The molecule has 0 aromatic heterocycles. The van der Waals surface area contributed by atoms with Crippen LogP contribution in [0.5, 0.6) is 0 Å². The molecule has 0 aromatic rings. The number of rotatable bonds is 4. The van der Waals surface area contributed by atoms with E-state index in [9.17, 15) is 4.79 Å². The lowest BCUT2D eigenvalue weighted by Crippen LogP contribution is -2.04. The van der Waals surface area contributed by atoms with E-state index in [0.717, 1.165) is 12.8 Å². The van der Waals surface area contributed by atoms with Gasteiger partial charge in [0.2, 0.25) is 0 Å². The molecule has 3 nitrogen and oxygen atoms in total. The van der Waals surface area contributed by atoms with Crippen LogP contribution in [-0.2, 0) is 14.6 Å². The second-order valence-corrected chi connectivity index (χ2v) is 2.09. The number of carbonyl (C=O) groups excluding carboxylic acids is 1. The Morgan fingerprint density at radius 3 is 2.67 bits per heavy atom. The molecule has 0 bridgehead atoms. The maximum Gasteiger partial charge on any atom is 0.281 e. The zero-order valence-corrected chi connectivity index (χ0v) is 5.42. The summed E-state index contributed by atoms with van der Waals surface area (Å²) in [4.78, 5) is 19.3. The summed E-state index contributed by atoms with van der Waals surface area (Å²) in [5.41, 5.74) is 0. The highest BCUT2D eigenvalue weighted by molar-refractivity contribution is 5.82. The van der Waals surface area contributed by atoms with Crippen molar-refractivity contribution in [2.75, 3.05) is 0 Å². The van der Waals surface area contributed by atoms with Crippen molar-refractivity contribution in [3.8, 4) is 0 Å². The van der Waals surface area contributed by atoms with Crippen molar-refractivity contribution in [2.45, 2.75) is 32.5 Å². The third-order valence-electron chi connectivity index (χ3n) is 1.23. The number of unbranched alkanes of at least 4 members (excludes halogenated alkanes) is 1. The lowest BCUT2D eigenvalue weighted by molar-refractivity contribution is -0.120. The first kappa shape index (κ1) is 6.71. The summed E-state index contributed by atoms with van der Waals surface area (Å²) < 4.78 is 0. The minimum atomic E-state index is -0.517. The highest BCUT2D eigenvalue weighted by Gasteiger charge is 2.33. The van der Waals surface area contributed by atoms with Gasteiger partial charge in [0.05, 0.1) is 0 Å². The van der Waals surface area contributed by atoms with Crippen LogP contribution in [0.3, 0.4) is 0 Å². The molecule has 0 aromatic carbocycles. The molecule has 1 rings (SSSR count). The van der Waals surface area contributed by atoms with Crippen molar-refractivity contribution >= 4 is 5.78 Å². The predicted octanol–water partition coefficient (Wildman–Crippen LogP) is 1.03. The van der Waals surface area contributed by atoms with Gasteiger partial charge in [0, 0.05) is 6.42 Å². The van der Waals surface area contributed by atoms with Gasteiger partial charge in [-0.15, -0.1) is 0 Å². The molecule has 0 radical (unpaired) electrons. The molecule has 0 aliphatic carbocycles. The fourth-order valence-electron chi connectivity index (χ4n) is 0.604. The highest BCUT2D eigenvalue weighted by atomic mass is 17.4. The van der Waals surface area contributed by atoms with Crippen molar-refractivity contribution in [1.29, 1.82) is 0 Å². The maximum absolute atomic E-state index is 10.7. The molecule has 0 N–H and O–H groups in total. The molecule has 52 valence electrons. The van der Waals surface area contributed by atoms with Gasteiger partial charge in [-0.3, -0.25) is 4.79 Å². The molecule has 9 heavy (non-hydrogen) atoms. The molecule has 3 heteroatoms. The van der Waals surface area contributed by atoms with Crippen molar-refractivity contribution in [3.63, 3.8) is 0 Å². The molecule has 0 spiro atoms. The minimum absolute atomic E-state index is 0.0665. The molecular formula is C6H10O3. The van der Waals surface area contributed by atoms with E-state index < -0.39 is 6.29 Å². The molecule has 1 saturated heterocycles. The summed E-state index contributed by atoms with van der Waals surface area (Å²) in [6, 6.07) is 0. The maximum atomic E-state index is 10.7. The van der Waals surface area contributed by atoms with E-state index >= 15 is 0 Å². The van der Waals surface area contributed by atoms with Crippen LogP contribution in [0.2, 0.25) is 0 Å². The summed E-state index contributed by atoms with van der Waals surface area (Å²) in [5.74, 6) is 0.0665. The molecule has 0 saturated carbocycles. The van der Waals surface area contributed by atoms with Gasteiger partial charge in [-0.05, 0) is 6.42 Å². The number of ketones is 1. The van der Waals surface area contributed by atoms with Gasteiger partial charge in [-0.1, -0.05) is 13.3 Å². The molecule has 0 unspecified atom stereocenters. The average Bonchev–Trinajstić information content (AvgIpc) is 2.63. The third-order valence-corrected chi connectivity index (χ3v) is 1.23. The van der Waals surface area contributed by atoms with E-state index in [4.69, 9.17) is 0 Å². The zero-order chi connectivity index (χ0) is 6.69. The van der Waals surface area contributed by atoms with Crippen LogP contribution in [0.4, 0.5) is 0 Å². The van der Waals surface area contributed by atoms with E-state index in [1.807, 2.05) is 6.92 Å². The van der Waals surface area contributed by atoms with Gasteiger partial charge < -0.3 is 0 Å². The van der Waals surface area contributed by atoms with Crippen molar-refractivity contribution < 1.29 is 14.6 Å². The SMILES string of the molecule is CCCCC(=O)C1OO1. The Kier molecular flexibility index (Phi) is 2.19. The molecule has 1 aliphatic rings. The normalized spacial score (nSPS) is 17.9. The Labute approximate surface area is 53.9 Å². The van der Waals surface area contributed by atoms with E-state index in [2.05, 4.69) is 9.78 Å². The largest absolute Gasteiger partial charge is 0.294 e. The first-order chi connectivity index (χ1) is 4.34. The Bertz CT molecular complexity index is 107. The molecule has 1 fully saturated rings. The Hall–Kier alpha value is -0.410. The molecule has 1 heterocycles.